The number of ether oxygens (including phenoxy) is 2. The lowest BCUT2D eigenvalue weighted by atomic mass is 9.95. The van der Waals surface area contributed by atoms with E-state index in [1.165, 1.54) is 0 Å². The quantitative estimate of drug-likeness (QED) is 0.930. The second-order valence-electron chi connectivity index (χ2n) is 5.17. The molecule has 1 aliphatic rings. The van der Waals surface area contributed by atoms with Crippen LogP contribution >= 0.6 is 0 Å². The van der Waals surface area contributed by atoms with Crippen LogP contribution in [0.15, 0.2) is 24.4 Å². The van der Waals surface area contributed by atoms with E-state index >= 15 is 0 Å². The zero-order chi connectivity index (χ0) is 13.9. The van der Waals surface area contributed by atoms with Crippen LogP contribution in [0.2, 0.25) is 0 Å². The maximum atomic E-state index is 6.12. The third kappa shape index (κ3) is 2.67. The smallest absolute Gasteiger partial charge is 0.220 e. The standard InChI is InChI=1S/C15H19N3O2/c1-19-11-5-7-12(8-6-11)20-13-4-2-3-10-9-17-15(16)18-14(10)13/h2-4,9,11-12H,5-8H2,1H3,(H2,16,17,18). The first-order valence-electron chi connectivity index (χ1n) is 6.97. The van der Waals surface area contributed by atoms with Crippen LogP contribution in [-0.2, 0) is 4.74 Å². The number of hydrogen-bond donors (Lipinski definition) is 1. The van der Waals surface area contributed by atoms with Gasteiger partial charge in [0.2, 0.25) is 5.95 Å². The van der Waals surface area contributed by atoms with Gasteiger partial charge in [-0.15, -0.1) is 0 Å². The fourth-order valence-electron chi connectivity index (χ4n) is 2.70. The summed E-state index contributed by atoms with van der Waals surface area (Å²) >= 11 is 0. The van der Waals surface area contributed by atoms with Gasteiger partial charge in [-0.3, -0.25) is 0 Å². The lowest BCUT2D eigenvalue weighted by molar-refractivity contribution is 0.0331. The van der Waals surface area contributed by atoms with E-state index in [2.05, 4.69) is 9.97 Å². The van der Waals surface area contributed by atoms with Crippen molar-refractivity contribution in [1.82, 2.24) is 9.97 Å². The monoisotopic (exact) mass is 273 g/mol. The number of nitrogens with zero attached hydrogens (tertiary/aromatic N) is 2. The van der Waals surface area contributed by atoms with Crippen molar-refractivity contribution in [3.63, 3.8) is 0 Å². The Labute approximate surface area is 118 Å². The fourth-order valence-corrected chi connectivity index (χ4v) is 2.70. The second-order valence-corrected chi connectivity index (χ2v) is 5.17. The molecule has 1 fully saturated rings. The number of methoxy groups -OCH3 is 1. The van der Waals surface area contributed by atoms with Gasteiger partial charge in [0.1, 0.15) is 11.3 Å². The Morgan fingerprint density at radius 1 is 1.15 bits per heavy atom. The molecule has 2 N–H and O–H groups in total. The molecule has 5 nitrogen and oxygen atoms in total. The van der Waals surface area contributed by atoms with Crippen molar-refractivity contribution in [1.29, 1.82) is 0 Å². The number of rotatable bonds is 3. The van der Waals surface area contributed by atoms with Gasteiger partial charge < -0.3 is 15.2 Å². The van der Waals surface area contributed by atoms with E-state index in [1.807, 2.05) is 18.2 Å². The number of para-hydroxylation sites is 1. The van der Waals surface area contributed by atoms with E-state index in [1.54, 1.807) is 13.3 Å². The first-order chi connectivity index (χ1) is 9.76. The molecule has 3 rings (SSSR count). The molecule has 0 atom stereocenters. The summed E-state index contributed by atoms with van der Waals surface area (Å²) in [6, 6.07) is 5.86. The van der Waals surface area contributed by atoms with Crippen molar-refractivity contribution in [2.24, 2.45) is 0 Å². The molecule has 5 heteroatoms. The summed E-state index contributed by atoms with van der Waals surface area (Å²) in [6.07, 6.45) is 6.44. The Bertz CT molecular complexity index is 595. The highest BCUT2D eigenvalue weighted by Gasteiger charge is 2.22. The highest BCUT2D eigenvalue weighted by Crippen LogP contribution is 2.29. The van der Waals surface area contributed by atoms with Crippen molar-refractivity contribution >= 4 is 16.9 Å². The second kappa shape index (κ2) is 5.63. The molecule has 1 heterocycles. The van der Waals surface area contributed by atoms with E-state index in [-0.39, 0.29) is 12.1 Å². The van der Waals surface area contributed by atoms with Gasteiger partial charge >= 0.3 is 0 Å². The molecule has 0 radical (unpaired) electrons. The number of nitrogens with two attached hydrogens (primary N) is 1. The minimum absolute atomic E-state index is 0.225. The van der Waals surface area contributed by atoms with E-state index in [4.69, 9.17) is 15.2 Å². The van der Waals surface area contributed by atoms with Crippen molar-refractivity contribution < 1.29 is 9.47 Å². The fraction of sp³-hybridized carbons (Fsp3) is 0.467. The molecule has 1 aromatic heterocycles. The van der Waals surface area contributed by atoms with E-state index in [0.29, 0.717) is 6.10 Å². The number of anilines is 1. The molecule has 0 aliphatic heterocycles. The van der Waals surface area contributed by atoms with Crippen LogP contribution in [0.5, 0.6) is 5.75 Å². The van der Waals surface area contributed by atoms with Crippen LogP contribution in [0.25, 0.3) is 10.9 Å². The van der Waals surface area contributed by atoms with Gasteiger partial charge in [0.25, 0.3) is 0 Å². The number of nitrogen functional groups attached to an aromatic ring is 1. The van der Waals surface area contributed by atoms with Crippen molar-refractivity contribution in [2.45, 2.75) is 37.9 Å². The minimum Gasteiger partial charge on any atom is -0.488 e. The van der Waals surface area contributed by atoms with Gasteiger partial charge in [-0.1, -0.05) is 12.1 Å². The molecule has 1 saturated carbocycles. The maximum absolute atomic E-state index is 6.12. The summed E-state index contributed by atoms with van der Waals surface area (Å²) < 4.78 is 11.5. The van der Waals surface area contributed by atoms with E-state index < -0.39 is 0 Å². The molecule has 0 spiro atoms. The summed E-state index contributed by atoms with van der Waals surface area (Å²) in [4.78, 5) is 8.30. The molecule has 0 unspecified atom stereocenters. The zero-order valence-electron chi connectivity index (χ0n) is 11.6. The summed E-state index contributed by atoms with van der Waals surface area (Å²) in [5.41, 5.74) is 6.45. The Balaban J connectivity index is 1.79. The van der Waals surface area contributed by atoms with Crippen LogP contribution < -0.4 is 10.5 Å². The Kier molecular flexibility index (Phi) is 3.69. The van der Waals surface area contributed by atoms with Crippen molar-refractivity contribution in [3.8, 4) is 5.75 Å². The van der Waals surface area contributed by atoms with Gasteiger partial charge in [0, 0.05) is 18.7 Å². The third-order valence-electron chi connectivity index (χ3n) is 3.84. The molecule has 1 aromatic carbocycles. The molecule has 2 aromatic rings. The van der Waals surface area contributed by atoms with Crippen LogP contribution in [0, 0.1) is 0 Å². The number of benzene rings is 1. The average Bonchev–Trinajstić information content (AvgIpc) is 2.49. The normalized spacial score (nSPS) is 22.9. The number of aromatic nitrogens is 2. The van der Waals surface area contributed by atoms with Crippen molar-refractivity contribution in [2.75, 3.05) is 12.8 Å². The number of fused-ring (bicyclic) bond motifs is 1. The van der Waals surface area contributed by atoms with Gasteiger partial charge in [0.05, 0.1) is 12.2 Å². The first kappa shape index (κ1) is 13.1. The molecule has 106 valence electrons. The van der Waals surface area contributed by atoms with E-state index in [0.717, 1.165) is 42.3 Å². The van der Waals surface area contributed by atoms with Gasteiger partial charge in [0.15, 0.2) is 0 Å². The molecule has 0 bridgehead atoms. The Morgan fingerprint density at radius 2 is 1.90 bits per heavy atom. The lowest BCUT2D eigenvalue weighted by Gasteiger charge is -2.28. The largest absolute Gasteiger partial charge is 0.488 e. The van der Waals surface area contributed by atoms with Crippen molar-refractivity contribution in [3.05, 3.63) is 24.4 Å². The van der Waals surface area contributed by atoms with E-state index in [9.17, 15) is 0 Å². The number of hydrogen-bond acceptors (Lipinski definition) is 5. The highest BCUT2D eigenvalue weighted by molar-refractivity contribution is 5.84. The summed E-state index contributed by atoms with van der Waals surface area (Å²) in [6.45, 7) is 0. The minimum atomic E-state index is 0.225. The molecule has 20 heavy (non-hydrogen) atoms. The van der Waals surface area contributed by atoms with Gasteiger partial charge in [-0.25, -0.2) is 9.97 Å². The molecular formula is C15H19N3O2. The van der Waals surface area contributed by atoms with Crippen LogP contribution in [0.1, 0.15) is 25.7 Å². The SMILES string of the molecule is COC1CCC(Oc2cccc3cnc(N)nc23)CC1. The predicted octanol–water partition coefficient (Wildman–Crippen LogP) is 2.55. The topological polar surface area (TPSA) is 70.3 Å². The summed E-state index contributed by atoms with van der Waals surface area (Å²) in [7, 11) is 1.77. The highest BCUT2D eigenvalue weighted by atomic mass is 16.5. The van der Waals surface area contributed by atoms with Crippen LogP contribution in [0.3, 0.4) is 0 Å². The molecule has 0 amide bonds. The Hall–Kier alpha value is -1.88. The van der Waals surface area contributed by atoms with Crippen LogP contribution in [-0.4, -0.2) is 29.3 Å². The lowest BCUT2D eigenvalue weighted by Crippen LogP contribution is -2.27. The molecular weight excluding hydrogens is 254 g/mol. The maximum Gasteiger partial charge on any atom is 0.220 e. The Morgan fingerprint density at radius 3 is 2.65 bits per heavy atom. The molecule has 1 aliphatic carbocycles. The van der Waals surface area contributed by atoms with Gasteiger partial charge in [-0.05, 0) is 31.7 Å². The summed E-state index contributed by atoms with van der Waals surface area (Å²) in [5.74, 6) is 1.06. The molecule has 0 saturated heterocycles. The zero-order valence-corrected chi connectivity index (χ0v) is 11.6. The van der Waals surface area contributed by atoms with Gasteiger partial charge in [-0.2, -0.15) is 0 Å². The predicted molar refractivity (Wildman–Crippen MR) is 77.6 cm³/mol. The summed E-state index contributed by atoms with van der Waals surface area (Å²) in [5, 5.41) is 0.947. The van der Waals surface area contributed by atoms with Crippen LogP contribution in [0.4, 0.5) is 5.95 Å². The first-order valence-corrected chi connectivity index (χ1v) is 6.97. The average molecular weight is 273 g/mol. The third-order valence-corrected chi connectivity index (χ3v) is 3.84.